The number of aliphatic hydroxyl groups is 1. The van der Waals surface area contributed by atoms with Crippen LogP contribution in [0.15, 0.2) is 0 Å². The molecular formula is C7H14O5S. The van der Waals surface area contributed by atoms with E-state index in [4.69, 9.17) is 5.11 Å². The standard InChI is InChI=1S/C7H14O5S/c1-3-12-7(9)6(8)4-5-13(2,10)11/h6,8H,3-5H2,1-2H3. The predicted molar refractivity (Wildman–Crippen MR) is 47.0 cm³/mol. The van der Waals surface area contributed by atoms with E-state index in [9.17, 15) is 13.2 Å². The smallest absolute Gasteiger partial charge is 0.334 e. The van der Waals surface area contributed by atoms with Crippen LogP contribution in [0, 0.1) is 0 Å². The molecule has 1 atom stereocenters. The Morgan fingerprint density at radius 2 is 2.08 bits per heavy atom. The van der Waals surface area contributed by atoms with Gasteiger partial charge in [0, 0.05) is 6.26 Å². The van der Waals surface area contributed by atoms with Crippen molar-refractivity contribution in [3.05, 3.63) is 0 Å². The molecule has 1 N–H and O–H groups in total. The summed E-state index contributed by atoms with van der Waals surface area (Å²) in [6.45, 7) is 1.79. The Labute approximate surface area is 77.6 Å². The Morgan fingerprint density at radius 1 is 1.54 bits per heavy atom. The summed E-state index contributed by atoms with van der Waals surface area (Å²) in [6.07, 6.45) is -0.405. The molecule has 0 saturated heterocycles. The minimum Gasteiger partial charge on any atom is -0.464 e. The normalized spacial score (nSPS) is 13.8. The van der Waals surface area contributed by atoms with Crippen LogP contribution in [0.2, 0.25) is 0 Å². The van der Waals surface area contributed by atoms with Crippen molar-refractivity contribution in [3.8, 4) is 0 Å². The molecule has 0 aromatic heterocycles. The number of ether oxygens (including phenoxy) is 1. The summed E-state index contributed by atoms with van der Waals surface area (Å²) < 4.78 is 25.8. The van der Waals surface area contributed by atoms with E-state index in [1.54, 1.807) is 6.92 Å². The molecule has 13 heavy (non-hydrogen) atoms. The maximum atomic E-state index is 10.8. The van der Waals surface area contributed by atoms with Crippen LogP contribution in [-0.2, 0) is 19.4 Å². The molecule has 0 saturated carbocycles. The second-order valence-corrected chi connectivity index (χ2v) is 4.95. The van der Waals surface area contributed by atoms with Crippen LogP contribution in [0.3, 0.4) is 0 Å². The zero-order chi connectivity index (χ0) is 10.5. The van der Waals surface area contributed by atoms with Crippen molar-refractivity contribution in [3.63, 3.8) is 0 Å². The van der Waals surface area contributed by atoms with Gasteiger partial charge in [-0.05, 0) is 13.3 Å². The summed E-state index contributed by atoms with van der Waals surface area (Å²) in [7, 11) is -3.14. The van der Waals surface area contributed by atoms with Gasteiger partial charge in [-0.2, -0.15) is 0 Å². The Balaban J connectivity index is 3.88. The second kappa shape index (κ2) is 5.18. The summed E-state index contributed by atoms with van der Waals surface area (Å²) in [6, 6.07) is 0. The topological polar surface area (TPSA) is 80.7 Å². The lowest BCUT2D eigenvalue weighted by molar-refractivity contribution is -0.153. The number of hydrogen-bond acceptors (Lipinski definition) is 5. The number of carbonyl (C=O) groups excluding carboxylic acids is 1. The van der Waals surface area contributed by atoms with Gasteiger partial charge in [-0.1, -0.05) is 0 Å². The molecule has 5 nitrogen and oxygen atoms in total. The lowest BCUT2D eigenvalue weighted by Crippen LogP contribution is -2.25. The van der Waals surface area contributed by atoms with Crippen LogP contribution < -0.4 is 0 Å². The summed E-state index contributed by atoms with van der Waals surface area (Å²) in [5.74, 6) is -0.987. The highest BCUT2D eigenvalue weighted by Crippen LogP contribution is 1.98. The van der Waals surface area contributed by atoms with Gasteiger partial charge in [0.05, 0.1) is 12.4 Å². The fourth-order valence-electron chi connectivity index (χ4n) is 0.682. The first-order valence-electron chi connectivity index (χ1n) is 3.89. The Kier molecular flexibility index (Phi) is 4.94. The Hall–Kier alpha value is -0.620. The molecule has 1 unspecified atom stereocenters. The number of sulfone groups is 1. The van der Waals surface area contributed by atoms with E-state index in [1.807, 2.05) is 0 Å². The van der Waals surface area contributed by atoms with Crippen LogP contribution in [-0.4, -0.2) is 44.2 Å². The zero-order valence-electron chi connectivity index (χ0n) is 7.69. The van der Waals surface area contributed by atoms with Crippen molar-refractivity contribution in [1.82, 2.24) is 0 Å². The summed E-state index contributed by atoms with van der Waals surface area (Å²) in [5, 5.41) is 9.07. The maximum absolute atomic E-state index is 10.8. The maximum Gasteiger partial charge on any atom is 0.334 e. The van der Waals surface area contributed by atoms with Gasteiger partial charge in [0.1, 0.15) is 9.84 Å². The summed E-state index contributed by atoms with van der Waals surface area (Å²) in [4.78, 5) is 10.8. The van der Waals surface area contributed by atoms with Crippen LogP contribution in [0.5, 0.6) is 0 Å². The van der Waals surface area contributed by atoms with Crippen molar-refractivity contribution >= 4 is 15.8 Å². The van der Waals surface area contributed by atoms with E-state index < -0.39 is 21.9 Å². The van der Waals surface area contributed by atoms with E-state index in [2.05, 4.69) is 4.74 Å². The number of hydrogen-bond donors (Lipinski definition) is 1. The van der Waals surface area contributed by atoms with Gasteiger partial charge < -0.3 is 9.84 Å². The van der Waals surface area contributed by atoms with E-state index in [-0.39, 0.29) is 18.8 Å². The van der Waals surface area contributed by atoms with E-state index >= 15 is 0 Å². The lowest BCUT2D eigenvalue weighted by atomic mass is 10.3. The third-order valence-corrected chi connectivity index (χ3v) is 2.30. The van der Waals surface area contributed by atoms with Crippen LogP contribution in [0.1, 0.15) is 13.3 Å². The molecule has 0 spiro atoms. The van der Waals surface area contributed by atoms with Crippen molar-refractivity contribution in [2.45, 2.75) is 19.4 Å². The van der Waals surface area contributed by atoms with Gasteiger partial charge >= 0.3 is 5.97 Å². The Morgan fingerprint density at radius 3 is 2.46 bits per heavy atom. The molecule has 0 aliphatic heterocycles. The van der Waals surface area contributed by atoms with Gasteiger partial charge in [0.25, 0.3) is 0 Å². The molecule has 0 heterocycles. The minimum atomic E-state index is -3.14. The first-order valence-corrected chi connectivity index (χ1v) is 5.95. The van der Waals surface area contributed by atoms with E-state index in [1.165, 1.54) is 0 Å². The lowest BCUT2D eigenvalue weighted by Gasteiger charge is -2.07. The monoisotopic (exact) mass is 210 g/mol. The summed E-state index contributed by atoms with van der Waals surface area (Å²) >= 11 is 0. The predicted octanol–water partition coefficient (Wildman–Crippen LogP) is -0.655. The van der Waals surface area contributed by atoms with Crippen LogP contribution in [0.4, 0.5) is 0 Å². The number of aliphatic hydroxyl groups excluding tert-OH is 1. The first-order chi connectivity index (χ1) is 5.87. The molecule has 0 aliphatic rings. The fraction of sp³-hybridized carbons (Fsp3) is 0.857. The minimum absolute atomic E-state index is 0.113. The Bertz CT molecular complexity index is 256. The second-order valence-electron chi connectivity index (χ2n) is 2.69. The van der Waals surface area contributed by atoms with Gasteiger partial charge in [-0.25, -0.2) is 13.2 Å². The largest absolute Gasteiger partial charge is 0.464 e. The highest BCUT2D eigenvalue weighted by Gasteiger charge is 2.17. The third kappa shape index (κ3) is 6.53. The van der Waals surface area contributed by atoms with Crippen LogP contribution in [0.25, 0.3) is 0 Å². The number of carbonyl (C=O) groups is 1. The van der Waals surface area contributed by atoms with E-state index in [0.29, 0.717) is 0 Å². The van der Waals surface area contributed by atoms with Gasteiger partial charge in [-0.3, -0.25) is 0 Å². The van der Waals surface area contributed by atoms with Gasteiger partial charge in [0.15, 0.2) is 6.10 Å². The molecule has 6 heteroatoms. The molecule has 0 radical (unpaired) electrons. The molecule has 0 aromatic rings. The zero-order valence-corrected chi connectivity index (χ0v) is 8.50. The molecular weight excluding hydrogens is 196 g/mol. The van der Waals surface area contributed by atoms with Gasteiger partial charge in [-0.15, -0.1) is 0 Å². The number of rotatable bonds is 5. The molecule has 0 bridgehead atoms. The van der Waals surface area contributed by atoms with E-state index in [0.717, 1.165) is 6.26 Å². The SMILES string of the molecule is CCOC(=O)C(O)CCS(C)(=O)=O. The van der Waals surface area contributed by atoms with Crippen molar-refractivity contribution in [1.29, 1.82) is 0 Å². The highest BCUT2D eigenvalue weighted by molar-refractivity contribution is 7.90. The van der Waals surface area contributed by atoms with Crippen LogP contribution >= 0.6 is 0 Å². The molecule has 0 aromatic carbocycles. The molecule has 0 rings (SSSR count). The molecule has 0 amide bonds. The highest BCUT2D eigenvalue weighted by atomic mass is 32.2. The summed E-state index contributed by atoms with van der Waals surface area (Å²) in [5.41, 5.74) is 0. The quantitative estimate of drug-likeness (QED) is 0.609. The average molecular weight is 210 g/mol. The molecule has 78 valence electrons. The van der Waals surface area contributed by atoms with Crippen molar-refractivity contribution in [2.75, 3.05) is 18.6 Å². The van der Waals surface area contributed by atoms with Crippen molar-refractivity contribution in [2.24, 2.45) is 0 Å². The number of esters is 1. The third-order valence-electron chi connectivity index (χ3n) is 1.32. The molecule has 0 aliphatic carbocycles. The fourth-order valence-corrected chi connectivity index (χ4v) is 1.33. The molecule has 0 fully saturated rings. The first kappa shape index (κ1) is 12.4. The average Bonchev–Trinajstić information content (AvgIpc) is 1.99. The van der Waals surface area contributed by atoms with Gasteiger partial charge in [0.2, 0.25) is 0 Å². The van der Waals surface area contributed by atoms with Crippen molar-refractivity contribution < 1.29 is 23.1 Å².